The molecule has 0 aromatic heterocycles. The summed E-state index contributed by atoms with van der Waals surface area (Å²) in [6.45, 7) is 3.08. The molecule has 1 aliphatic heterocycles. The average molecular weight is 195 g/mol. The zero-order chi connectivity index (χ0) is 10.2. The van der Waals surface area contributed by atoms with E-state index in [-0.39, 0.29) is 11.3 Å². The first-order chi connectivity index (χ1) is 6.70. The van der Waals surface area contributed by atoms with Gasteiger partial charge in [0.2, 0.25) is 0 Å². The number of hydrogen-bond acceptors (Lipinski definition) is 3. The molecule has 0 aromatic carbocycles. The average Bonchev–Trinajstić information content (AvgIpc) is 2.73. The van der Waals surface area contributed by atoms with Gasteiger partial charge in [-0.1, -0.05) is 13.3 Å². The Labute approximate surface area is 84.7 Å². The Kier molecular flexibility index (Phi) is 2.50. The summed E-state index contributed by atoms with van der Waals surface area (Å²) in [5, 5.41) is 19.1. The van der Waals surface area contributed by atoms with Crippen molar-refractivity contribution in [2.75, 3.05) is 13.2 Å². The van der Waals surface area contributed by atoms with Gasteiger partial charge in [-0.05, 0) is 18.8 Å². The van der Waals surface area contributed by atoms with Crippen molar-refractivity contribution in [3.63, 3.8) is 0 Å². The van der Waals surface area contributed by atoms with Crippen LogP contribution in [-0.2, 0) is 4.74 Å². The van der Waals surface area contributed by atoms with Crippen LogP contribution < -0.4 is 0 Å². The van der Waals surface area contributed by atoms with E-state index in [0.717, 1.165) is 19.3 Å². The first-order valence-corrected chi connectivity index (χ1v) is 5.38. The second-order valence-electron chi connectivity index (χ2n) is 4.66. The van der Waals surface area contributed by atoms with Gasteiger partial charge in [0.25, 0.3) is 0 Å². The van der Waals surface area contributed by atoms with Crippen LogP contribution in [0.2, 0.25) is 0 Å². The molecule has 1 aliphatic carbocycles. The molecule has 0 bridgehead atoms. The monoisotopic (exact) mass is 195 g/mol. The van der Waals surface area contributed by atoms with Crippen LogP contribution in [0.1, 0.15) is 26.2 Å². The molecule has 4 atom stereocenters. The number of ether oxygens (including phenoxy) is 1. The maximum Gasteiger partial charge on any atom is 0.0839 e. The van der Waals surface area contributed by atoms with Crippen molar-refractivity contribution >= 4 is 0 Å². The molecule has 2 rings (SSSR count). The van der Waals surface area contributed by atoms with E-state index in [4.69, 9.17) is 4.74 Å². The Hall–Kier alpha value is -0.590. The first kappa shape index (κ1) is 9.95. The molecule has 1 saturated carbocycles. The predicted molar refractivity (Wildman–Crippen MR) is 51.4 cm³/mol. The molecule has 3 heteroatoms. The SMILES string of the molecule is CC1CCCC1(C#N)C1COCC1O. The second-order valence-corrected chi connectivity index (χ2v) is 4.66. The normalized spacial score (nSPS) is 47.9. The lowest BCUT2D eigenvalue weighted by molar-refractivity contribution is 0.0648. The smallest absolute Gasteiger partial charge is 0.0839 e. The summed E-state index contributed by atoms with van der Waals surface area (Å²) in [5.41, 5.74) is -0.323. The van der Waals surface area contributed by atoms with Crippen molar-refractivity contribution in [3.05, 3.63) is 0 Å². The van der Waals surface area contributed by atoms with Gasteiger partial charge in [-0.2, -0.15) is 5.26 Å². The fraction of sp³-hybridized carbons (Fsp3) is 0.909. The minimum Gasteiger partial charge on any atom is -0.390 e. The molecule has 14 heavy (non-hydrogen) atoms. The molecule has 2 fully saturated rings. The molecule has 0 aromatic rings. The highest BCUT2D eigenvalue weighted by molar-refractivity contribution is 5.11. The van der Waals surface area contributed by atoms with Gasteiger partial charge in [0, 0.05) is 5.92 Å². The highest BCUT2D eigenvalue weighted by atomic mass is 16.5. The molecule has 1 heterocycles. The van der Waals surface area contributed by atoms with Gasteiger partial charge in [-0.15, -0.1) is 0 Å². The Morgan fingerprint density at radius 1 is 1.50 bits per heavy atom. The maximum absolute atomic E-state index is 9.79. The molecule has 3 nitrogen and oxygen atoms in total. The van der Waals surface area contributed by atoms with E-state index < -0.39 is 6.10 Å². The summed E-state index contributed by atoms with van der Waals surface area (Å²) < 4.78 is 5.26. The first-order valence-electron chi connectivity index (χ1n) is 5.38. The molecule has 78 valence electrons. The van der Waals surface area contributed by atoms with E-state index in [1.54, 1.807) is 0 Å². The minimum atomic E-state index is -0.435. The van der Waals surface area contributed by atoms with Crippen LogP contribution in [0.5, 0.6) is 0 Å². The molecule has 0 amide bonds. The number of nitriles is 1. The minimum absolute atomic E-state index is 0.0324. The van der Waals surface area contributed by atoms with Crippen molar-refractivity contribution in [3.8, 4) is 6.07 Å². The van der Waals surface area contributed by atoms with E-state index in [1.165, 1.54) is 0 Å². The van der Waals surface area contributed by atoms with Gasteiger partial charge in [-0.25, -0.2) is 0 Å². The van der Waals surface area contributed by atoms with E-state index in [2.05, 4.69) is 13.0 Å². The Morgan fingerprint density at radius 3 is 2.71 bits per heavy atom. The fourth-order valence-corrected chi connectivity index (χ4v) is 3.04. The third-order valence-corrected chi connectivity index (χ3v) is 4.03. The molecular weight excluding hydrogens is 178 g/mol. The van der Waals surface area contributed by atoms with Gasteiger partial charge in [0.1, 0.15) is 0 Å². The lowest BCUT2D eigenvalue weighted by Crippen LogP contribution is -2.38. The van der Waals surface area contributed by atoms with Crippen LogP contribution in [0.4, 0.5) is 0 Å². The lowest BCUT2D eigenvalue weighted by Gasteiger charge is -2.33. The van der Waals surface area contributed by atoms with Gasteiger partial charge in [-0.3, -0.25) is 0 Å². The molecule has 1 N–H and O–H groups in total. The van der Waals surface area contributed by atoms with Crippen molar-refractivity contribution in [1.82, 2.24) is 0 Å². The van der Waals surface area contributed by atoms with Crippen LogP contribution >= 0.6 is 0 Å². The zero-order valence-corrected chi connectivity index (χ0v) is 8.57. The fourth-order valence-electron chi connectivity index (χ4n) is 3.04. The van der Waals surface area contributed by atoms with Gasteiger partial charge in [0.05, 0.1) is 30.8 Å². The number of nitrogens with zero attached hydrogens (tertiary/aromatic N) is 1. The predicted octanol–water partition coefficient (Wildman–Crippen LogP) is 1.32. The van der Waals surface area contributed by atoms with Gasteiger partial charge in [0.15, 0.2) is 0 Å². The van der Waals surface area contributed by atoms with Gasteiger partial charge < -0.3 is 9.84 Å². The second kappa shape index (κ2) is 3.52. The Bertz CT molecular complexity index is 261. The van der Waals surface area contributed by atoms with E-state index >= 15 is 0 Å². The van der Waals surface area contributed by atoms with Crippen LogP contribution in [0.25, 0.3) is 0 Å². The topological polar surface area (TPSA) is 53.2 Å². The largest absolute Gasteiger partial charge is 0.390 e. The quantitative estimate of drug-likeness (QED) is 0.686. The van der Waals surface area contributed by atoms with E-state index in [9.17, 15) is 10.4 Å². The van der Waals surface area contributed by atoms with Crippen molar-refractivity contribution in [1.29, 1.82) is 5.26 Å². The van der Waals surface area contributed by atoms with E-state index in [1.807, 2.05) is 0 Å². The third-order valence-electron chi connectivity index (χ3n) is 4.03. The number of rotatable bonds is 1. The van der Waals surface area contributed by atoms with Gasteiger partial charge >= 0.3 is 0 Å². The van der Waals surface area contributed by atoms with Crippen molar-refractivity contribution in [2.45, 2.75) is 32.3 Å². The summed E-state index contributed by atoms with van der Waals surface area (Å²) in [4.78, 5) is 0. The Morgan fingerprint density at radius 2 is 2.29 bits per heavy atom. The van der Waals surface area contributed by atoms with Crippen LogP contribution in [0.3, 0.4) is 0 Å². The third kappa shape index (κ3) is 1.25. The maximum atomic E-state index is 9.79. The molecular formula is C11H17NO2. The number of aliphatic hydroxyl groups is 1. The van der Waals surface area contributed by atoms with Crippen molar-refractivity contribution in [2.24, 2.45) is 17.3 Å². The van der Waals surface area contributed by atoms with Crippen LogP contribution in [-0.4, -0.2) is 24.4 Å². The number of hydrogen-bond donors (Lipinski definition) is 1. The number of aliphatic hydroxyl groups excluding tert-OH is 1. The molecule has 4 unspecified atom stereocenters. The highest BCUT2D eigenvalue weighted by Gasteiger charge is 2.51. The van der Waals surface area contributed by atoms with Crippen LogP contribution in [0.15, 0.2) is 0 Å². The summed E-state index contributed by atoms with van der Waals surface area (Å²) in [5.74, 6) is 0.429. The Balaban J connectivity index is 2.24. The van der Waals surface area contributed by atoms with Crippen LogP contribution in [0, 0.1) is 28.6 Å². The summed E-state index contributed by atoms with van der Waals surface area (Å²) in [7, 11) is 0. The van der Waals surface area contributed by atoms with E-state index in [0.29, 0.717) is 19.1 Å². The lowest BCUT2D eigenvalue weighted by atomic mass is 9.68. The zero-order valence-electron chi connectivity index (χ0n) is 8.57. The summed E-state index contributed by atoms with van der Waals surface area (Å²) in [6.07, 6.45) is 2.71. The summed E-state index contributed by atoms with van der Waals surface area (Å²) in [6, 6.07) is 2.46. The molecule has 1 saturated heterocycles. The molecule has 2 aliphatic rings. The van der Waals surface area contributed by atoms with Crippen molar-refractivity contribution < 1.29 is 9.84 Å². The molecule has 0 radical (unpaired) electrons. The summed E-state index contributed by atoms with van der Waals surface area (Å²) >= 11 is 0. The molecule has 0 spiro atoms. The standard InChI is InChI=1S/C11H17NO2/c1-8-3-2-4-11(8,7-12)9-5-14-6-10(9)13/h8-10,13H,2-6H2,1H3. The highest BCUT2D eigenvalue weighted by Crippen LogP contribution is 2.50.